The number of aryl methyl sites for hydroxylation is 1. The van der Waals surface area contributed by atoms with Crippen molar-refractivity contribution in [2.24, 2.45) is 0 Å². The maximum atomic E-state index is 12.1. The predicted molar refractivity (Wildman–Crippen MR) is 65.5 cm³/mol. The van der Waals surface area contributed by atoms with E-state index in [0.29, 0.717) is 11.4 Å². The van der Waals surface area contributed by atoms with Gasteiger partial charge in [0.1, 0.15) is 11.6 Å². The van der Waals surface area contributed by atoms with Gasteiger partial charge in [0, 0.05) is 11.8 Å². The number of benzene rings is 1. The lowest BCUT2D eigenvalue weighted by Crippen LogP contribution is -2.17. The lowest BCUT2D eigenvalue weighted by atomic mass is 10.0. The number of ether oxygens (including phenoxy) is 1. The Labute approximate surface area is 107 Å². The van der Waals surface area contributed by atoms with Crippen molar-refractivity contribution in [1.29, 1.82) is 0 Å². The molecule has 0 amide bonds. The summed E-state index contributed by atoms with van der Waals surface area (Å²) in [6.45, 7) is 1.70. The molecule has 0 saturated heterocycles. The van der Waals surface area contributed by atoms with E-state index in [2.05, 4.69) is 9.72 Å². The third-order valence-electron chi connectivity index (χ3n) is 2.53. The van der Waals surface area contributed by atoms with Crippen LogP contribution in [0.2, 0.25) is 0 Å². The lowest BCUT2D eigenvalue weighted by molar-refractivity contribution is -0.274. The molecule has 0 fully saturated rings. The van der Waals surface area contributed by atoms with Crippen LogP contribution in [0, 0.1) is 6.92 Å². The van der Waals surface area contributed by atoms with E-state index in [1.165, 1.54) is 12.1 Å². The van der Waals surface area contributed by atoms with E-state index in [0.717, 1.165) is 11.1 Å². The van der Waals surface area contributed by atoms with Gasteiger partial charge >= 0.3 is 6.36 Å². The molecule has 0 atom stereocenters. The van der Waals surface area contributed by atoms with Gasteiger partial charge in [-0.05, 0) is 42.3 Å². The number of nitrogens with zero attached hydrogens (tertiary/aromatic N) is 1. The van der Waals surface area contributed by atoms with E-state index in [4.69, 9.17) is 5.73 Å². The Balaban J connectivity index is 2.31. The van der Waals surface area contributed by atoms with Crippen LogP contribution in [0.3, 0.4) is 0 Å². The highest BCUT2D eigenvalue weighted by Gasteiger charge is 2.31. The van der Waals surface area contributed by atoms with Gasteiger partial charge in [-0.1, -0.05) is 6.07 Å². The second kappa shape index (κ2) is 4.79. The number of anilines is 1. The van der Waals surface area contributed by atoms with Crippen molar-refractivity contribution in [3.63, 3.8) is 0 Å². The molecule has 1 heterocycles. The fourth-order valence-electron chi connectivity index (χ4n) is 1.72. The fourth-order valence-corrected chi connectivity index (χ4v) is 1.72. The molecule has 0 bridgehead atoms. The molecule has 0 saturated carbocycles. The first-order valence-corrected chi connectivity index (χ1v) is 5.43. The molecule has 3 nitrogen and oxygen atoms in total. The highest BCUT2D eigenvalue weighted by molar-refractivity contribution is 5.68. The Morgan fingerprint density at radius 2 is 1.89 bits per heavy atom. The average molecular weight is 268 g/mol. The monoisotopic (exact) mass is 268 g/mol. The van der Waals surface area contributed by atoms with Gasteiger partial charge in [-0.15, -0.1) is 13.2 Å². The van der Waals surface area contributed by atoms with Crippen LogP contribution in [0.15, 0.2) is 36.5 Å². The van der Waals surface area contributed by atoms with E-state index in [1.54, 1.807) is 31.3 Å². The van der Waals surface area contributed by atoms with Gasteiger partial charge in [0.15, 0.2) is 0 Å². The smallest absolute Gasteiger partial charge is 0.406 e. The molecule has 100 valence electrons. The van der Waals surface area contributed by atoms with E-state index in [9.17, 15) is 13.2 Å². The zero-order valence-corrected chi connectivity index (χ0v) is 10.0. The molecule has 0 unspecified atom stereocenters. The van der Waals surface area contributed by atoms with Crippen molar-refractivity contribution in [3.05, 3.63) is 42.1 Å². The minimum Gasteiger partial charge on any atom is -0.406 e. The van der Waals surface area contributed by atoms with Gasteiger partial charge in [0.2, 0.25) is 0 Å². The first kappa shape index (κ1) is 13.2. The number of rotatable bonds is 2. The topological polar surface area (TPSA) is 48.1 Å². The first-order chi connectivity index (χ1) is 8.85. The Bertz CT molecular complexity index is 579. The Hall–Kier alpha value is -2.24. The number of nitrogen functional groups attached to an aromatic ring is 1. The van der Waals surface area contributed by atoms with Gasteiger partial charge in [-0.25, -0.2) is 4.98 Å². The molecule has 2 rings (SSSR count). The summed E-state index contributed by atoms with van der Waals surface area (Å²) < 4.78 is 40.1. The van der Waals surface area contributed by atoms with Gasteiger partial charge < -0.3 is 10.5 Å². The summed E-state index contributed by atoms with van der Waals surface area (Å²) in [5.41, 5.74) is 7.70. The van der Waals surface area contributed by atoms with Crippen molar-refractivity contribution in [1.82, 2.24) is 4.98 Å². The maximum Gasteiger partial charge on any atom is 0.573 e. The molecule has 2 N–H and O–H groups in total. The summed E-state index contributed by atoms with van der Waals surface area (Å²) in [7, 11) is 0. The molecule has 19 heavy (non-hydrogen) atoms. The largest absolute Gasteiger partial charge is 0.573 e. The third kappa shape index (κ3) is 3.37. The zero-order chi connectivity index (χ0) is 14.0. The molecule has 1 aromatic carbocycles. The normalized spacial score (nSPS) is 11.4. The quantitative estimate of drug-likeness (QED) is 0.906. The van der Waals surface area contributed by atoms with Crippen LogP contribution in [-0.2, 0) is 0 Å². The second-order valence-electron chi connectivity index (χ2n) is 4.00. The van der Waals surface area contributed by atoms with Crippen molar-refractivity contribution in [2.75, 3.05) is 5.73 Å². The molecule has 2 aromatic rings. The zero-order valence-electron chi connectivity index (χ0n) is 10.0. The molecule has 0 spiro atoms. The van der Waals surface area contributed by atoms with Crippen LogP contribution in [0.1, 0.15) is 5.56 Å². The van der Waals surface area contributed by atoms with Crippen LogP contribution in [0.5, 0.6) is 5.75 Å². The van der Waals surface area contributed by atoms with Crippen LogP contribution < -0.4 is 10.5 Å². The first-order valence-electron chi connectivity index (χ1n) is 5.43. The third-order valence-corrected chi connectivity index (χ3v) is 2.53. The van der Waals surface area contributed by atoms with Crippen LogP contribution in [0.25, 0.3) is 11.1 Å². The summed E-state index contributed by atoms with van der Waals surface area (Å²) in [6.07, 6.45) is -3.11. The lowest BCUT2D eigenvalue weighted by Gasteiger charge is -2.11. The van der Waals surface area contributed by atoms with Gasteiger partial charge in [-0.2, -0.15) is 0 Å². The predicted octanol–water partition coefficient (Wildman–Crippen LogP) is 3.54. The average Bonchev–Trinajstić information content (AvgIpc) is 2.29. The van der Waals surface area contributed by atoms with Crippen LogP contribution in [0.4, 0.5) is 19.0 Å². The number of nitrogens with two attached hydrogens (primary N) is 1. The van der Waals surface area contributed by atoms with Crippen molar-refractivity contribution in [3.8, 4) is 16.9 Å². The number of alkyl halides is 3. The SMILES string of the molecule is Cc1cc(OC(F)(F)F)ccc1-c1ccc(N)nc1. The van der Waals surface area contributed by atoms with E-state index in [-0.39, 0.29) is 5.75 Å². The number of halogens is 3. The maximum absolute atomic E-state index is 12.1. The number of hydrogen-bond donors (Lipinski definition) is 1. The summed E-state index contributed by atoms with van der Waals surface area (Å²) in [5.74, 6) is 0.149. The van der Waals surface area contributed by atoms with Gasteiger partial charge in [-0.3, -0.25) is 0 Å². The van der Waals surface area contributed by atoms with Gasteiger partial charge in [0.05, 0.1) is 0 Å². The Kier molecular flexibility index (Phi) is 3.33. The molecule has 0 aliphatic carbocycles. The minimum absolute atomic E-state index is 0.239. The fraction of sp³-hybridized carbons (Fsp3) is 0.154. The minimum atomic E-state index is -4.68. The summed E-state index contributed by atoms with van der Waals surface area (Å²) in [4.78, 5) is 3.94. The molecule has 0 aliphatic rings. The van der Waals surface area contributed by atoms with Crippen LogP contribution in [-0.4, -0.2) is 11.3 Å². The number of aromatic nitrogens is 1. The Morgan fingerprint density at radius 3 is 2.42 bits per heavy atom. The highest BCUT2D eigenvalue weighted by atomic mass is 19.4. The number of hydrogen-bond acceptors (Lipinski definition) is 3. The molecule has 1 aromatic heterocycles. The summed E-state index contributed by atoms with van der Waals surface area (Å²) in [5, 5.41) is 0. The summed E-state index contributed by atoms with van der Waals surface area (Å²) >= 11 is 0. The van der Waals surface area contributed by atoms with Crippen molar-refractivity contribution < 1.29 is 17.9 Å². The van der Waals surface area contributed by atoms with E-state index in [1.807, 2.05) is 0 Å². The van der Waals surface area contributed by atoms with Crippen molar-refractivity contribution in [2.45, 2.75) is 13.3 Å². The van der Waals surface area contributed by atoms with E-state index < -0.39 is 6.36 Å². The molecule has 0 aliphatic heterocycles. The van der Waals surface area contributed by atoms with Crippen LogP contribution >= 0.6 is 0 Å². The molecule has 6 heteroatoms. The summed E-state index contributed by atoms with van der Waals surface area (Å²) in [6, 6.07) is 7.55. The highest BCUT2D eigenvalue weighted by Crippen LogP contribution is 2.29. The number of pyridine rings is 1. The van der Waals surface area contributed by atoms with Gasteiger partial charge in [0.25, 0.3) is 0 Å². The molecule has 0 radical (unpaired) electrons. The standard InChI is InChI=1S/C13H11F3N2O/c1-8-6-10(19-13(14,15)16)3-4-11(8)9-2-5-12(17)18-7-9/h2-7H,1H3,(H2,17,18). The van der Waals surface area contributed by atoms with E-state index >= 15 is 0 Å². The molecular weight excluding hydrogens is 257 g/mol. The second-order valence-corrected chi connectivity index (χ2v) is 4.00. The molecular formula is C13H11F3N2O. The van der Waals surface area contributed by atoms with Crippen molar-refractivity contribution >= 4 is 5.82 Å². The Morgan fingerprint density at radius 1 is 1.16 bits per heavy atom.